The van der Waals surface area contributed by atoms with E-state index in [9.17, 15) is 9.59 Å². The van der Waals surface area contributed by atoms with Crippen LogP contribution >= 0.6 is 0 Å². The number of carbonyl (C=O) groups excluding carboxylic acids is 2. The second kappa shape index (κ2) is 12.2. The highest BCUT2D eigenvalue weighted by atomic mass is 16.2. The first kappa shape index (κ1) is 22.9. The molecule has 2 rings (SSSR count). The monoisotopic (exact) mass is 404 g/mol. The fraction of sp³-hybridized carbons (Fsp3) is 0.714. The lowest BCUT2D eigenvalue weighted by Gasteiger charge is -2.23. The predicted molar refractivity (Wildman–Crippen MR) is 114 cm³/mol. The van der Waals surface area contributed by atoms with Crippen LogP contribution in [-0.4, -0.2) is 40.0 Å². The van der Waals surface area contributed by atoms with Crippen molar-refractivity contribution in [1.82, 2.24) is 20.4 Å². The molecule has 0 aliphatic heterocycles. The summed E-state index contributed by atoms with van der Waals surface area (Å²) in [6, 6.07) is -0.807. The minimum Gasteiger partial charge on any atom is -0.388 e. The maximum atomic E-state index is 12.5. The molecular formula is C21H36N6O2. The Balaban J connectivity index is 1.73. The number of rotatable bonds is 14. The molecule has 1 aliphatic rings. The number of amidine groups is 1. The normalized spacial score (nSPS) is 14.8. The molecule has 0 spiro atoms. The van der Waals surface area contributed by atoms with Gasteiger partial charge in [-0.15, -0.1) is 0 Å². The Morgan fingerprint density at radius 1 is 1.31 bits per heavy atom. The molecule has 8 heteroatoms. The van der Waals surface area contributed by atoms with E-state index in [1.54, 1.807) is 0 Å². The fourth-order valence-corrected chi connectivity index (χ4v) is 3.46. The van der Waals surface area contributed by atoms with Crippen molar-refractivity contribution in [2.75, 3.05) is 6.54 Å². The molecule has 0 bridgehead atoms. The smallest absolute Gasteiger partial charge is 0.243 e. The van der Waals surface area contributed by atoms with Gasteiger partial charge in [0.05, 0.1) is 18.6 Å². The van der Waals surface area contributed by atoms with E-state index in [1.165, 1.54) is 31.2 Å². The van der Waals surface area contributed by atoms with Crippen LogP contribution in [0.25, 0.3) is 0 Å². The summed E-state index contributed by atoms with van der Waals surface area (Å²) in [5.74, 6) is 0.0344. The van der Waals surface area contributed by atoms with Crippen molar-refractivity contribution in [3.63, 3.8) is 0 Å². The van der Waals surface area contributed by atoms with Crippen LogP contribution in [0.5, 0.6) is 0 Å². The van der Waals surface area contributed by atoms with Crippen LogP contribution in [0.1, 0.15) is 82.6 Å². The summed E-state index contributed by atoms with van der Waals surface area (Å²) in [5, 5.41) is 17.4. The number of nitrogens with two attached hydrogens (primary N) is 1. The first-order valence-corrected chi connectivity index (χ1v) is 10.9. The first-order chi connectivity index (χ1) is 14.0. The minimum atomic E-state index is -0.807. The summed E-state index contributed by atoms with van der Waals surface area (Å²) in [6.07, 6.45) is 13.4. The molecule has 1 aromatic rings. The van der Waals surface area contributed by atoms with Crippen molar-refractivity contribution in [3.05, 3.63) is 18.0 Å². The van der Waals surface area contributed by atoms with E-state index in [4.69, 9.17) is 11.1 Å². The second-order valence-corrected chi connectivity index (χ2v) is 7.97. The highest BCUT2D eigenvalue weighted by Gasteiger charge is 2.22. The van der Waals surface area contributed by atoms with E-state index >= 15 is 0 Å². The van der Waals surface area contributed by atoms with E-state index in [0.717, 1.165) is 25.7 Å². The van der Waals surface area contributed by atoms with E-state index in [0.29, 0.717) is 25.4 Å². The maximum Gasteiger partial charge on any atom is 0.243 e. The lowest BCUT2D eigenvalue weighted by atomic mass is 9.81. The molecule has 1 saturated carbocycles. The molecular weight excluding hydrogens is 368 g/mol. The number of hydrogen-bond acceptors (Lipinski definition) is 4. The SMILES string of the molecule is CCCCCCCC(=O)N[C@H](CC(=N)N)C(=O)NCCn1cc(C2CCC2)cn1. The van der Waals surface area contributed by atoms with Gasteiger partial charge < -0.3 is 16.4 Å². The van der Waals surface area contributed by atoms with Crippen LogP contribution in [-0.2, 0) is 16.1 Å². The summed E-state index contributed by atoms with van der Waals surface area (Å²) in [6.45, 7) is 3.12. The Labute approximate surface area is 173 Å². The summed E-state index contributed by atoms with van der Waals surface area (Å²) in [5.41, 5.74) is 6.74. The van der Waals surface area contributed by atoms with E-state index in [-0.39, 0.29) is 24.1 Å². The van der Waals surface area contributed by atoms with Crippen LogP contribution in [0.2, 0.25) is 0 Å². The van der Waals surface area contributed by atoms with E-state index < -0.39 is 6.04 Å². The summed E-state index contributed by atoms with van der Waals surface area (Å²) >= 11 is 0. The van der Waals surface area contributed by atoms with Crippen molar-refractivity contribution in [2.45, 2.75) is 89.6 Å². The molecule has 2 amide bonds. The van der Waals surface area contributed by atoms with Crippen LogP contribution in [0, 0.1) is 5.41 Å². The molecule has 8 nitrogen and oxygen atoms in total. The van der Waals surface area contributed by atoms with Crippen molar-refractivity contribution in [1.29, 1.82) is 5.41 Å². The van der Waals surface area contributed by atoms with Gasteiger partial charge in [-0.05, 0) is 30.7 Å². The summed E-state index contributed by atoms with van der Waals surface area (Å²) < 4.78 is 1.84. The number of hydrogen-bond donors (Lipinski definition) is 4. The Kier molecular flexibility index (Phi) is 9.67. The number of aromatic nitrogens is 2. The molecule has 1 heterocycles. The Morgan fingerprint density at radius 3 is 2.72 bits per heavy atom. The lowest BCUT2D eigenvalue weighted by molar-refractivity contribution is -0.128. The van der Waals surface area contributed by atoms with Gasteiger partial charge in [-0.3, -0.25) is 19.7 Å². The van der Waals surface area contributed by atoms with Gasteiger partial charge in [0.1, 0.15) is 6.04 Å². The second-order valence-electron chi connectivity index (χ2n) is 7.97. The summed E-state index contributed by atoms with van der Waals surface area (Å²) in [7, 11) is 0. The average Bonchev–Trinajstić information content (AvgIpc) is 3.07. The first-order valence-electron chi connectivity index (χ1n) is 10.9. The van der Waals surface area contributed by atoms with Crippen LogP contribution in [0.3, 0.4) is 0 Å². The maximum absolute atomic E-state index is 12.5. The van der Waals surface area contributed by atoms with E-state index in [2.05, 4.69) is 22.7 Å². The van der Waals surface area contributed by atoms with Gasteiger partial charge >= 0.3 is 0 Å². The van der Waals surface area contributed by atoms with Crippen molar-refractivity contribution in [3.8, 4) is 0 Å². The van der Waals surface area contributed by atoms with Gasteiger partial charge in [0.15, 0.2) is 0 Å². The zero-order valence-electron chi connectivity index (χ0n) is 17.6. The standard InChI is InChI=1S/C21H36N6O2/c1-2-3-4-5-6-10-20(28)26-18(13-19(22)23)21(29)24-11-12-27-15-17(14-25-27)16-8-7-9-16/h14-16,18H,2-13H2,1H3,(H3,22,23)(H,24,29)(H,26,28)/t18-/m1/s1. The molecule has 1 fully saturated rings. The number of carbonyl (C=O) groups is 2. The number of nitrogens with zero attached hydrogens (tertiary/aromatic N) is 2. The predicted octanol–water partition coefficient (Wildman–Crippen LogP) is 2.44. The fourth-order valence-electron chi connectivity index (χ4n) is 3.46. The molecule has 1 aliphatic carbocycles. The molecule has 0 saturated heterocycles. The van der Waals surface area contributed by atoms with Gasteiger partial charge in [0.25, 0.3) is 0 Å². The van der Waals surface area contributed by atoms with Gasteiger partial charge in [-0.2, -0.15) is 5.10 Å². The molecule has 0 aromatic carbocycles. The molecule has 1 atom stereocenters. The molecule has 0 unspecified atom stereocenters. The summed E-state index contributed by atoms with van der Waals surface area (Å²) in [4.78, 5) is 24.6. The molecule has 1 aromatic heterocycles. The van der Waals surface area contributed by atoms with Gasteiger partial charge in [-0.1, -0.05) is 39.0 Å². The quantitative estimate of drug-likeness (QED) is 0.216. The molecule has 162 valence electrons. The van der Waals surface area contributed by atoms with Crippen LogP contribution < -0.4 is 16.4 Å². The number of unbranched alkanes of at least 4 members (excludes halogenated alkanes) is 4. The highest BCUT2D eigenvalue weighted by Crippen LogP contribution is 2.35. The largest absolute Gasteiger partial charge is 0.388 e. The van der Waals surface area contributed by atoms with Crippen molar-refractivity contribution < 1.29 is 9.59 Å². The molecule has 5 N–H and O–H groups in total. The van der Waals surface area contributed by atoms with Gasteiger partial charge in [0.2, 0.25) is 11.8 Å². The lowest BCUT2D eigenvalue weighted by Crippen LogP contribution is -2.49. The third kappa shape index (κ3) is 8.25. The Morgan fingerprint density at radius 2 is 2.07 bits per heavy atom. The molecule has 0 radical (unpaired) electrons. The zero-order chi connectivity index (χ0) is 21.1. The average molecular weight is 405 g/mol. The Hall–Kier alpha value is -2.38. The minimum absolute atomic E-state index is 0.0149. The van der Waals surface area contributed by atoms with Crippen LogP contribution in [0.15, 0.2) is 12.4 Å². The zero-order valence-corrected chi connectivity index (χ0v) is 17.6. The third-order valence-electron chi connectivity index (χ3n) is 5.45. The Bertz CT molecular complexity index is 668. The van der Waals surface area contributed by atoms with Crippen molar-refractivity contribution in [2.24, 2.45) is 5.73 Å². The topological polar surface area (TPSA) is 126 Å². The number of nitrogens with one attached hydrogen (secondary N) is 3. The highest BCUT2D eigenvalue weighted by molar-refractivity contribution is 5.92. The van der Waals surface area contributed by atoms with Gasteiger partial charge in [-0.25, -0.2) is 0 Å². The third-order valence-corrected chi connectivity index (χ3v) is 5.45. The van der Waals surface area contributed by atoms with E-state index in [1.807, 2.05) is 17.1 Å². The van der Waals surface area contributed by atoms with Crippen molar-refractivity contribution >= 4 is 17.6 Å². The van der Waals surface area contributed by atoms with Gasteiger partial charge in [0, 0.05) is 25.6 Å². The van der Waals surface area contributed by atoms with Crippen LogP contribution in [0.4, 0.5) is 0 Å². The molecule has 29 heavy (non-hydrogen) atoms. The number of amides is 2.